The predicted molar refractivity (Wildman–Crippen MR) is 72.1 cm³/mol. The molecule has 19 heavy (non-hydrogen) atoms. The molecular weight excluding hydrogens is 242 g/mol. The Morgan fingerprint density at radius 3 is 2.68 bits per heavy atom. The number of nitrogens with one attached hydrogen (secondary N) is 2. The quantitative estimate of drug-likeness (QED) is 0.820. The smallest absolute Gasteiger partial charge is 0.422 e. The molecule has 1 rings (SSSR count). The van der Waals surface area contributed by atoms with Gasteiger partial charge in [0.15, 0.2) is 0 Å². The maximum atomic E-state index is 11.5. The van der Waals surface area contributed by atoms with E-state index in [0.717, 1.165) is 5.56 Å². The molecule has 0 radical (unpaired) electrons. The van der Waals surface area contributed by atoms with Crippen LogP contribution in [0.15, 0.2) is 24.3 Å². The largest absolute Gasteiger partial charge is 0.443 e. The van der Waals surface area contributed by atoms with Gasteiger partial charge < -0.3 is 4.74 Å². The van der Waals surface area contributed by atoms with Gasteiger partial charge in [0.2, 0.25) is 0 Å². The third kappa shape index (κ3) is 5.40. The topological polar surface area (TPSA) is 74.2 Å². The van der Waals surface area contributed by atoms with Crippen LogP contribution in [0.4, 0.5) is 4.79 Å². The fourth-order valence-corrected chi connectivity index (χ4v) is 1.43. The van der Waals surface area contributed by atoms with Crippen LogP contribution in [0.25, 0.3) is 0 Å². The van der Waals surface area contributed by atoms with Crippen molar-refractivity contribution in [2.45, 2.75) is 39.3 Å². The molecule has 0 fully saturated rings. The van der Waals surface area contributed by atoms with Gasteiger partial charge in [0.05, 0.1) is 11.6 Å². The van der Waals surface area contributed by atoms with Gasteiger partial charge in [-0.25, -0.2) is 10.2 Å². The lowest BCUT2D eigenvalue weighted by Gasteiger charge is -2.21. The highest BCUT2D eigenvalue weighted by molar-refractivity contribution is 5.67. The van der Waals surface area contributed by atoms with E-state index in [1.807, 2.05) is 13.0 Å². The van der Waals surface area contributed by atoms with Crippen LogP contribution in [0.3, 0.4) is 0 Å². The first-order valence-electron chi connectivity index (χ1n) is 6.06. The van der Waals surface area contributed by atoms with Crippen molar-refractivity contribution >= 4 is 6.09 Å². The molecule has 1 atom stereocenters. The van der Waals surface area contributed by atoms with Crippen molar-refractivity contribution < 1.29 is 9.53 Å². The minimum Gasteiger partial charge on any atom is -0.443 e. The molecule has 0 saturated carbocycles. The number of rotatable bonds is 3. The first kappa shape index (κ1) is 15.0. The molecule has 5 heteroatoms. The highest BCUT2D eigenvalue weighted by atomic mass is 16.6. The summed E-state index contributed by atoms with van der Waals surface area (Å²) in [6.07, 6.45) is -0.532. The second kappa shape index (κ2) is 6.21. The van der Waals surface area contributed by atoms with Crippen LogP contribution in [0.1, 0.15) is 44.9 Å². The van der Waals surface area contributed by atoms with Gasteiger partial charge in [-0.05, 0) is 45.4 Å². The predicted octanol–water partition coefficient (Wildman–Crippen LogP) is 2.65. The summed E-state index contributed by atoms with van der Waals surface area (Å²) < 4.78 is 5.10. The van der Waals surface area contributed by atoms with Crippen molar-refractivity contribution in [3.05, 3.63) is 35.4 Å². The van der Waals surface area contributed by atoms with Gasteiger partial charge in [-0.15, -0.1) is 0 Å². The highest BCUT2D eigenvalue weighted by Crippen LogP contribution is 2.13. The summed E-state index contributed by atoms with van der Waals surface area (Å²) in [6, 6.07) is 9.15. The van der Waals surface area contributed by atoms with Gasteiger partial charge in [-0.1, -0.05) is 12.1 Å². The Kier molecular flexibility index (Phi) is 4.90. The monoisotopic (exact) mass is 261 g/mol. The summed E-state index contributed by atoms with van der Waals surface area (Å²) >= 11 is 0. The van der Waals surface area contributed by atoms with Gasteiger partial charge in [0, 0.05) is 6.04 Å². The van der Waals surface area contributed by atoms with Crippen molar-refractivity contribution in [3.8, 4) is 6.07 Å². The first-order valence-corrected chi connectivity index (χ1v) is 6.06. The van der Waals surface area contributed by atoms with Gasteiger partial charge >= 0.3 is 6.09 Å². The van der Waals surface area contributed by atoms with Gasteiger partial charge in [0.25, 0.3) is 0 Å². The second-order valence-corrected chi connectivity index (χ2v) is 5.23. The third-order valence-electron chi connectivity index (χ3n) is 2.31. The summed E-state index contributed by atoms with van der Waals surface area (Å²) in [5.74, 6) is 0. The van der Waals surface area contributed by atoms with E-state index >= 15 is 0 Å². The number of carbonyl (C=O) groups is 1. The summed E-state index contributed by atoms with van der Waals surface area (Å²) in [4.78, 5) is 11.5. The number of hydrogen-bond acceptors (Lipinski definition) is 4. The molecule has 0 saturated heterocycles. The molecule has 0 aliphatic heterocycles. The average Bonchev–Trinajstić information content (AvgIpc) is 2.34. The zero-order valence-corrected chi connectivity index (χ0v) is 11.7. The van der Waals surface area contributed by atoms with Crippen molar-refractivity contribution in [1.29, 1.82) is 5.26 Å². The molecule has 1 unspecified atom stereocenters. The number of nitriles is 1. The van der Waals surface area contributed by atoms with Crippen molar-refractivity contribution in [2.24, 2.45) is 0 Å². The van der Waals surface area contributed by atoms with Crippen LogP contribution < -0.4 is 10.9 Å². The highest BCUT2D eigenvalue weighted by Gasteiger charge is 2.16. The van der Waals surface area contributed by atoms with E-state index in [1.165, 1.54) is 0 Å². The molecule has 0 spiro atoms. The molecule has 5 nitrogen and oxygen atoms in total. The van der Waals surface area contributed by atoms with Gasteiger partial charge in [-0.2, -0.15) is 5.26 Å². The number of hydrogen-bond donors (Lipinski definition) is 2. The molecule has 1 amide bonds. The Labute approximate surface area is 113 Å². The lowest BCUT2D eigenvalue weighted by Crippen LogP contribution is -2.42. The summed E-state index contributed by atoms with van der Waals surface area (Å²) in [7, 11) is 0. The standard InChI is InChI=1S/C14H19N3O2/c1-10(12-7-5-6-11(8-12)9-15)16-17-13(18)19-14(2,3)4/h5-8,10,16H,1-4H3,(H,17,18). The van der Waals surface area contributed by atoms with E-state index in [4.69, 9.17) is 10.00 Å². The Balaban J connectivity index is 2.54. The Hall–Kier alpha value is -2.06. The number of hydrazine groups is 1. The Bertz CT molecular complexity index is 486. The minimum absolute atomic E-state index is 0.124. The number of nitrogens with zero attached hydrogens (tertiary/aromatic N) is 1. The van der Waals surface area contributed by atoms with E-state index in [1.54, 1.807) is 39.0 Å². The van der Waals surface area contributed by atoms with Gasteiger partial charge in [-0.3, -0.25) is 5.43 Å². The average molecular weight is 261 g/mol. The van der Waals surface area contributed by atoms with Crippen LogP contribution in [0.5, 0.6) is 0 Å². The molecule has 2 N–H and O–H groups in total. The van der Waals surface area contributed by atoms with Crippen molar-refractivity contribution in [2.75, 3.05) is 0 Å². The zero-order chi connectivity index (χ0) is 14.5. The first-order chi connectivity index (χ1) is 8.81. The molecule has 102 valence electrons. The molecular formula is C14H19N3O2. The molecule has 1 aromatic carbocycles. The molecule has 0 bridgehead atoms. The minimum atomic E-state index is -0.532. The second-order valence-electron chi connectivity index (χ2n) is 5.23. The molecule has 1 aromatic rings. The van der Waals surface area contributed by atoms with Gasteiger partial charge in [0.1, 0.15) is 5.60 Å². The Morgan fingerprint density at radius 2 is 2.11 bits per heavy atom. The number of benzene rings is 1. The van der Waals surface area contributed by atoms with Crippen molar-refractivity contribution in [1.82, 2.24) is 10.9 Å². The fraction of sp³-hybridized carbons (Fsp3) is 0.429. The van der Waals surface area contributed by atoms with E-state index in [-0.39, 0.29) is 6.04 Å². The van der Waals surface area contributed by atoms with Crippen LogP contribution >= 0.6 is 0 Å². The molecule has 0 heterocycles. The van der Waals surface area contributed by atoms with Crippen LogP contribution in [-0.2, 0) is 4.74 Å². The lowest BCUT2D eigenvalue weighted by molar-refractivity contribution is 0.0489. The van der Waals surface area contributed by atoms with Crippen LogP contribution in [-0.4, -0.2) is 11.7 Å². The fourth-order valence-electron chi connectivity index (χ4n) is 1.43. The van der Waals surface area contributed by atoms with Crippen molar-refractivity contribution in [3.63, 3.8) is 0 Å². The zero-order valence-electron chi connectivity index (χ0n) is 11.7. The SMILES string of the molecule is CC(NNC(=O)OC(C)(C)C)c1cccc(C#N)c1. The van der Waals surface area contributed by atoms with E-state index in [2.05, 4.69) is 16.9 Å². The molecule has 0 aliphatic rings. The van der Waals surface area contributed by atoms with Crippen LogP contribution in [0.2, 0.25) is 0 Å². The number of amides is 1. The van der Waals surface area contributed by atoms with E-state index < -0.39 is 11.7 Å². The van der Waals surface area contributed by atoms with E-state index in [0.29, 0.717) is 5.56 Å². The summed E-state index contributed by atoms with van der Waals surface area (Å²) in [5, 5.41) is 8.83. The molecule has 0 aliphatic carbocycles. The lowest BCUT2D eigenvalue weighted by atomic mass is 10.1. The third-order valence-corrected chi connectivity index (χ3v) is 2.31. The maximum Gasteiger partial charge on any atom is 0.422 e. The van der Waals surface area contributed by atoms with E-state index in [9.17, 15) is 4.79 Å². The summed E-state index contributed by atoms with van der Waals surface area (Å²) in [6.45, 7) is 7.28. The van der Waals surface area contributed by atoms with Crippen LogP contribution in [0, 0.1) is 11.3 Å². The number of ether oxygens (including phenoxy) is 1. The maximum absolute atomic E-state index is 11.5. The molecule has 0 aromatic heterocycles. The number of carbonyl (C=O) groups excluding carboxylic acids is 1. The summed E-state index contributed by atoms with van der Waals surface area (Å²) in [5.41, 5.74) is 6.29. The normalized spacial score (nSPS) is 12.4. The Morgan fingerprint density at radius 1 is 1.42 bits per heavy atom.